The summed E-state index contributed by atoms with van der Waals surface area (Å²) in [6, 6.07) is 11.2. The van der Waals surface area contributed by atoms with Gasteiger partial charge in [-0.2, -0.15) is 0 Å². The third kappa shape index (κ3) is 5.32. The summed E-state index contributed by atoms with van der Waals surface area (Å²) in [4.78, 5) is 37.7. The molecule has 0 unspecified atom stereocenters. The molecule has 0 fully saturated rings. The highest BCUT2D eigenvalue weighted by Crippen LogP contribution is 2.24. The van der Waals surface area contributed by atoms with Crippen LogP contribution in [0.3, 0.4) is 0 Å². The van der Waals surface area contributed by atoms with E-state index in [1.165, 1.54) is 23.8 Å². The predicted octanol–water partition coefficient (Wildman–Crippen LogP) is 4.08. The third-order valence-electron chi connectivity index (χ3n) is 4.71. The van der Waals surface area contributed by atoms with Gasteiger partial charge in [0, 0.05) is 23.6 Å². The van der Waals surface area contributed by atoms with E-state index in [1.807, 2.05) is 12.1 Å². The largest absolute Gasteiger partial charge is 0.467 e. The van der Waals surface area contributed by atoms with Crippen molar-refractivity contribution in [2.75, 3.05) is 7.11 Å². The van der Waals surface area contributed by atoms with Crippen molar-refractivity contribution in [3.63, 3.8) is 0 Å². The number of amides is 1. The first-order chi connectivity index (χ1) is 15.1. The van der Waals surface area contributed by atoms with Gasteiger partial charge in [0.2, 0.25) is 0 Å². The fourth-order valence-electron chi connectivity index (χ4n) is 3.27. The van der Waals surface area contributed by atoms with Crippen molar-refractivity contribution in [2.45, 2.75) is 38.8 Å². The highest BCUT2D eigenvalue weighted by Gasteiger charge is 2.26. The van der Waals surface area contributed by atoms with E-state index in [9.17, 15) is 18.8 Å². The van der Waals surface area contributed by atoms with Crippen molar-refractivity contribution in [3.05, 3.63) is 71.7 Å². The molecule has 1 atom stereocenters. The summed E-state index contributed by atoms with van der Waals surface area (Å²) in [7, 11) is 1.23. The van der Waals surface area contributed by atoms with E-state index in [4.69, 9.17) is 9.47 Å². The van der Waals surface area contributed by atoms with Gasteiger partial charge in [-0.05, 0) is 56.7 Å². The van der Waals surface area contributed by atoms with Gasteiger partial charge in [-0.1, -0.05) is 18.2 Å². The molecule has 0 bridgehead atoms. The van der Waals surface area contributed by atoms with Gasteiger partial charge >= 0.3 is 12.1 Å². The SMILES string of the molecule is COC(=O)[C@@H](Cc1cn(C(=O)OC(C)(C)C)c2ccccc12)NC(=O)c1ccc(F)cc1. The molecule has 32 heavy (non-hydrogen) atoms. The first kappa shape index (κ1) is 23.0. The van der Waals surface area contributed by atoms with Crippen LogP contribution in [-0.2, 0) is 20.7 Å². The number of para-hydroxylation sites is 1. The minimum atomic E-state index is -1.02. The van der Waals surface area contributed by atoms with E-state index >= 15 is 0 Å². The molecule has 168 valence electrons. The standard InChI is InChI=1S/C24H25FN2O5/c1-24(2,3)32-23(30)27-14-16(18-7-5-6-8-20(18)27)13-19(22(29)31-4)26-21(28)15-9-11-17(25)12-10-15/h5-12,14,19H,13H2,1-4H3,(H,26,28)/t19-/m1/s1. The van der Waals surface area contributed by atoms with E-state index in [-0.39, 0.29) is 12.0 Å². The smallest absolute Gasteiger partial charge is 0.419 e. The monoisotopic (exact) mass is 440 g/mol. The minimum Gasteiger partial charge on any atom is -0.467 e. The zero-order valence-electron chi connectivity index (χ0n) is 18.3. The van der Waals surface area contributed by atoms with Crippen LogP contribution in [0.15, 0.2) is 54.7 Å². The molecular formula is C24H25FN2O5. The van der Waals surface area contributed by atoms with Crippen molar-refractivity contribution in [2.24, 2.45) is 0 Å². The van der Waals surface area contributed by atoms with Crippen LogP contribution in [0.1, 0.15) is 36.7 Å². The number of aromatic nitrogens is 1. The average molecular weight is 440 g/mol. The molecule has 0 aliphatic carbocycles. The highest BCUT2D eigenvalue weighted by atomic mass is 19.1. The molecule has 3 rings (SSSR count). The van der Waals surface area contributed by atoms with Gasteiger partial charge in [0.15, 0.2) is 0 Å². The van der Waals surface area contributed by atoms with E-state index in [0.717, 1.165) is 17.5 Å². The Bertz CT molecular complexity index is 1150. The normalized spacial score (nSPS) is 12.3. The summed E-state index contributed by atoms with van der Waals surface area (Å²) in [6.07, 6.45) is 1.12. The second-order valence-electron chi connectivity index (χ2n) is 8.28. The van der Waals surface area contributed by atoms with Gasteiger partial charge in [0.05, 0.1) is 12.6 Å². The maximum absolute atomic E-state index is 13.2. The Labute approximate surface area is 185 Å². The lowest BCUT2D eigenvalue weighted by Gasteiger charge is -2.19. The Morgan fingerprint density at radius 3 is 2.34 bits per heavy atom. The molecule has 2 aromatic carbocycles. The second-order valence-corrected chi connectivity index (χ2v) is 8.28. The Kier molecular flexibility index (Phi) is 6.62. The Morgan fingerprint density at radius 2 is 1.72 bits per heavy atom. The molecule has 1 amide bonds. The van der Waals surface area contributed by atoms with E-state index < -0.39 is 35.4 Å². The second kappa shape index (κ2) is 9.21. The number of rotatable bonds is 5. The number of nitrogens with one attached hydrogen (secondary N) is 1. The lowest BCUT2D eigenvalue weighted by atomic mass is 10.0. The third-order valence-corrected chi connectivity index (χ3v) is 4.71. The van der Waals surface area contributed by atoms with Gasteiger partial charge in [-0.3, -0.25) is 9.36 Å². The maximum Gasteiger partial charge on any atom is 0.419 e. The lowest BCUT2D eigenvalue weighted by Crippen LogP contribution is -2.43. The summed E-state index contributed by atoms with van der Waals surface area (Å²) >= 11 is 0. The van der Waals surface area contributed by atoms with Crippen LogP contribution >= 0.6 is 0 Å². The lowest BCUT2D eigenvalue weighted by molar-refractivity contribution is -0.142. The molecule has 0 radical (unpaired) electrons. The Balaban J connectivity index is 1.92. The maximum atomic E-state index is 13.2. The molecule has 1 aromatic heterocycles. The number of ether oxygens (including phenoxy) is 2. The molecule has 1 N–H and O–H groups in total. The predicted molar refractivity (Wildman–Crippen MR) is 117 cm³/mol. The average Bonchev–Trinajstić information content (AvgIpc) is 3.10. The van der Waals surface area contributed by atoms with Crippen LogP contribution in [0, 0.1) is 5.82 Å². The molecular weight excluding hydrogens is 415 g/mol. The first-order valence-corrected chi connectivity index (χ1v) is 10.1. The molecule has 1 heterocycles. The van der Waals surface area contributed by atoms with Crippen LogP contribution < -0.4 is 5.32 Å². The summed E-state index contributed by atoms with van der Waals surface area (Å²) in [5.41, 5.74) is 0.795. The Hall–Kier alpha value is -3.68. The van der Waals surface area contributed by atoms with Crippen molar-refractivity contribution in [3.8, 4) is 0 Å². The van der Waals surface area contributed by atoms with Crippen LogP contribution in [0.2, 0.25) is 0 Å². The summed E-state index contributed by atoms with van der Waals surface area (Å²) in [5.74, 6) is -1.66. The number of benzene rings is 2. The number of hydrogen-bond acceptors (Lipinski definition) is 5. The molecule has 0 saturated heterocycles. The summed E-state index contributed by atoms with van der Waals surface area (Å²) in [6.45, 7) is 5.32. The van der Waals surface area contributed by atoms with Crippen LogP contribution in [-0.4, -0.2) is 41.3 Å². The van der Waals surface area contributed by atoms with E-state index in [2.05, 4.69) is 5.32 Å². The molecule has 0 saturated carbocycles. The van der Waals surface area contributed by atoms with E-state index in [0.29, 0.717) is 11.1 Å². The molecule has 8 heteroatoms. The number of hydrogen-bond donors (Lipinski definition) is 1. The molecule has 0 aliphatic heterocycles. The van der Waals surface area contributed by atoms with Gasteiger partial charge in [-0.15, -0.1) is 0 Å². The number of fused-ring (bicyclic) bond motifs is 1. The van der Waals surface area contributed by atoms with Crippen LogP contribution in [0.25, 0.3) is 10.9 Å². The molecule has 0 aliphatic rings. The zero-order valence-corrected chi connectivity index (χ0v) is 18.3. The number of nitrogens with zero attached hydrogens (tertiary/aromatic N) is 1. The van der Waals surface area contributed by atoms with Crippen LogP contribution in [0.4, 0.5) is 9.18 Å². The fraction of sp³-hybridized carbons (Fsp3) is 0.292. The van der Waals surface area contributed by atoms with Gasteiger partial charge in [-0.25, -0.2) is 14.0 Å². The van der Waals surface area contributed by atoms with Crippen LogP contribution in [0.5, 0.6) is 0 Å². The van der Waals surface area contributed by atoms with Crippen molar-refractivity contribution in [1.82, 2.24) is 9.88 Å². The van der Waals surface area contributed by atoms with Gasteiger partial charge in [0.25, 0.3) is 5.91 Å². The number of carbonyl (C=O) groups excluding carboxylic acids is 3. The topological polar surface area (TPSA) is 86.6 Å². The van der Waals surface area contributed by atoms with Crippen molar-refractivity contribution < 1.29 is 28.2 Å². The molecule has 7 nitrogen and oxygen atoms in total. The number of methoxy groups -OCH3 is 1. The summed E-state index contributed by atoms with van der Waals surface area (Å²) in [5, 5.41) is 3.37. The molecule has 0 spiro atoms. The van der Waals surface area contributed by atoms with Gasteiger partial charge < -0.3 is 14.8 Å². The first-order valence-electron chi connectivity index (χ1n) is 10.1. The van der Waals surface area contributed by atoms with Crippen molar-refractivity contribution >= 4 is 28.9 Å². The Morgan fingerprint density at radius 1 is 1.06 bits per heavy atom. The number of carbonyl (C=O) groups is 3. The zero-order chi connectivity index (χ0) is 23.5. The highest BCUT2D eigenvalue weighted by molar-refractivity contribution is 5.97. The quantitative estimate of drug-likeness (QED) is 0.604. The molecule has 3 aromatic rings. The van der Waals surface area contributed by atoms with Crippen molar-refractivity contribution in [1.29, 1.82) is 0 Å². The fourth-order valence-corrected chi connectivity index (χ4v) is 3.27. The number of halogens is 1. The minimum absolute atomic E-state index is 0.0793. The van der Waals surface area contributed by atoms with Gasteiger partial charge in [0.1, 0.15) is 17.5 Å². The van der Waals surface area contributed by atoms with E-state index in [1.54, 1.807) is 39.1 Å². The number of esters is 1. The summed E-state index contributed by atoms with van der Waals surface area (Å²) < 4.78 is 24.9.